The van der Waals surface area contributed by atoms with Crippen LogP contribution in [0.15, 0.2) is 54.6 Å². The summed E-state index contributed by atoms with van der Waals surface area (Å²) in [6.07, 6.45) is 3.36. The predicted octanol–water partition coefficient (Wildman–Crippen LogP) is 3.92. The third kappa shape index (κ3) is 3.24. The second-order valence-corrected chi connectivity index (χ2v) is 6.95. The summed E-state index contributed by atoms with van der Waals surface area (Å²) in [5.74, 6) is 0. The number of hydrogen-bond donors (Lipinski definition) is 0. The number of hydrogen-bond acceptors (Lipinski definition) is 3. The highest BCUT2D eigenvalue weighted by Crippen LogP contribution is 2.34. The Balaban J connectivity index is 1.62. The summed E-state index contributed by atoms with van der Waals surface area (Å²) in [5, 5.41) is 9.08. The minimum atomic E-state index is 0.317. The Morgan fingerprint density at radius 1 is 1.16 bits per heavy atom. The molecule has 0 saturated carbocycles. The number of morpholine rings is 1. The molecule has 2 unspecified atom stereocenters. The maximum absolute atomic E-state index is 9.08. The quantitative estimate of drug-likeness (QED) is 0.856. The predicted molar refractivity (Wildman–Crippen MR) is 98.9 cm³/mol. The van der Waals surface area contributed by atoms with E-state index >= 15 is 0 Å². The lowest BCUT2D eigenvalue weighted by atomic mass is 9.87. The zero-order valence-corrected chi connectivity index (χ0v) is 14.5. The van der Waals surface area contributed by atoms with E-state index in [0.717, 1.165) is 31.7 Å². The van der Waals surface area contributed by atoms with E-state index in [1.807, 2.05) is 12.1 Å². The highest BCUT2D eigenvalue weighted by molar-refractivity contribution is 5.71. The Morgan fingerprint density at radius 3 is 2.72 bits per heavy atom. The van der Waals surface area contributed by atoms with Crippen LogP contribution in [0.2, 0.25) is 0 Å². The van der Waals surface area contributed by atoms with Crippen LogP contribution in [0.5, 0.6) is 0 Å². The lowest BCUT2D eigenvalue weighted by molar-refractivity contribution is -0.0402. The molecule has 4 rings (SSSR count). The molecule has 2 heterocycles. The number of aryl methyl sites for hydroxylation is 1. The van der Waals surface area contributed by atoms with E-state index in [-0.39, 0.29) is 0 Å². The highest BCUT2D eigenvalue weighted by atomic mass is 16.5. The molecule has 2 aliphatic heterocycles. The average molecular weight is 330 g/mol. The van der Waals surface area contributed by atoms with Crippen molar-refractivity contribution < 1.29 is 4.74 Å². The minimum Gasteiger partial charge on any atom is -0.378 e. The Hall–Kier alpha value is -2.41. The topological polar surface area (TPSA) is 36.3 Å². The van der Waals surface area contributed by atoms with Crippen molar-refractivity contribution in [3.05, 3.63) is 76.9 Å². The van der Waals surface area contributed by atoms with Gasteiger partial charge in [0.15, 0.2) is 0 Å². The average Bonchev–Trinajstić information content (AvgIpc) is 2.62. The summed E-state index contributed by atoms with van der Waals surface area (Å²) >= 11 is 0. The van der Waals surface area contributed by atoms with Gasteiger partial charge in [0.2, 0.25) is 0 Å². The molecule has 25 heavy (non-hydrogen) atoms. The fourth-order valence-electron chi connectivity index (χ4n) is 4.00. The molecule has 1 saturated heterocycles. The molecule has 2 aromatic rings. The number of ether oxygens (including phenoxy) is 1. The van der Waals surface area contributed by atoms with Crippen LogP contribution in [0, 0.1) is 18.3 Å². The Bertz CT molecular complexity index is 835. The molecule has 0 N–H and O–H groups in total. The van der Waals surface area contributed by atoms with Crippen molar-refractivity contribution in [1.82, 2.24) is 4.90 Å². The van der Waals surface area contributed by atoms with Crippen molar-refractivity contribution in [3.8, 4) is 6.07 Å². The highest BCUT2D eigenvalue weighted by Gasteiger charge is 2.35. The lowest BCUT2D eigenvalue weighted by Gasteiger charge is -2.45. The first kappa shape index (κ1) is 16.1. The molecule has 2 atom stereocenters. The van der Waals surface area contributed by atoms with Crippen LogP contribution in [-0.4, -0.2) is 30.2 Å². The van der Waals surface area contributed by atoms with Crippen molar-refractivity contribution in [2.75, 3.05) is 13.2 Å². The van der Waals surface area contributed by atoms with Crippen molar-refractivity contribution in [3.63, 3.8) is 0 Å². The lowest BCUT2D eigenvalue weighted by Crippen LogP contribution is -2.53. The molecule has 2 aromatic carbocycles. The van der Waals surface area contributed by atoms with E-state index in [1.54, 1.807) is 0 Å². The third-order valence-corrected chi connectivity index (χ3v) is 5.25. The first-order valence-corrected chi connectivity index (χ1v) is 8.84. The van der Waals surface area contributed by atoms with Gasteiger partial charge in [0.25, 0.3) is 0 Å². The second kappa shape index (κ2) is 6.84. The first-order chi connectivity index (χ1) is 12.2. The van der Waals surface area contributed by atoms with Crippen LogP contribution in [0.3, 0.4) is 0 Å². The molecule has 3 nitrogen and oxygen atoms in total. The molecule has 0 aliphatic carbocycles. The molecule has 0 spiro atoms. The Kier molecular flexibility index (Phi) is 4.40. The van der Waals surface area contributed by atoms with Gasteiger partial charge in [0, 0.05) is 12.6 Å². The Morgan fingerprint density at radius 2 is 2.00 bits per heavy atom. The zero-order chi connectivity index (χ0) is 17.2. The summed E-state index contributed by atoms with van der Waals surface area (Å²) in [5.41, 5.74) is 5.93. The van der Waals surface area contributed by atoms with Crippen LogP contribution in [0.25, 0.3) is 5.57 Å². The van der Waals surface area contributed by atoms with Gasteiger partial charge in [0.05, 0.1) is 30.9 Å². The minimum absolute atomic E-state index is 0.317. The molecular weight excluding hydrogens is 308 g/mol. The summed E-state index contributed by atoms with van der Waals surface area (Å²) in [6, 6.07) is 19.6. The summed E-state index contributed by atoms with van der Waals surface area (Å²) in [6.45, 7) is 4.60. The molecule has 126 valence electrons. The van der Waals surface area contributed by atoms with Crippen LogP contribution in [0.4, 0.5) is 0 Å². The molecule has 0 amide bonds. The summed E-state index contributed by atoms with van der Waals surface area (Å²) in [7, 11) is 0. The van der Waals surface area contributed by atoms with E-state index in [2.05, 4.69) is 60.4 Å². The van der Waals surface area contributed by atoms with Crippen LogP contribution in [-0.2, 0) is 11.3 Å². The molecule has 1 fully saturated rings. The zero-order valence-electron chi connectivity index (χ0n) is 14.5. The summed E-state index contributed by atoms with van der Waals surface area (Å²) < 4.78 is 5.83. The van der Waals surface area contributed by atoms with Gasteiger partial charge in [-0.05, 0) is 47.7 Å². The van der Waals surface area contributed by atoms with E-state index in [1.165, 1.54) is 22.3 Å². The van der Waals surface area contributed by atoms with Crippen molar-refractivity contribution in [2.45, 2.75) is 32.0 Å². The number of nitriles is 1. The van der Waals surface area contributed by atoms with Gasteiger partial charge in [-0.2, -0.15) is 5.26 Å². The molecular formula is C22H22N2O. The monoisotopic (exact) mass is 330 g/mol. The largest absolute Gasteiger partial charge is 0.378 e. The molecule has 2 bridgehead atoms. The second-order valence-electron chi connectivity index (χ2n) is 6.95. The Labute approximate surface area is 149 Å². The van der Waals surface area contributed by atoms with E-state index in [4.69, 9.17) is 10.00 Å². The standard InChI is InChI=1S/C22H22N2O/c1-16-9-18(12-23)7-8-22(16)19-10-20-14-25-15-21(11-19)24(20)13-17-5-3-2-4-6-17/h2-10,20-21H,11,13-15H2,1H3. The maximum Gasteiger partial charge on any atom is 0.0991 e. The van der Waals surface area contributed by atoms with Crippen molar-refractivity contribution in [2.24, 2.45) is 0 Å². The van der Waals surface area contributed by atoms with Gasteiger partial charge >= 0.3 is 0 Å². The SMILES string of the molecule is Cc1cc(C#N)ccc1C1=CC2COCC(C1)N2Cc1ccccc1. The van der Waals surface area contributed by atoms with Crippen molar-refractivity contribution >= 4 is 5.57 Å². The summed E-state index contributed by atoms with van der Waals surface area (Å²) in [4.78, 5) is 2.57. The van der Waals surface area contributed by atoms with E-state index in [9.17, 15) is 0 Å². The normalized spacial score (nSPS) is 23.0. The van der Waals surface area contributed by atoms with Crippen LogP contribution in [0.1, 0.15) is 28.7 Å². The van der Waals surface area contributed by atoms with E-state index < -0.39 is 0 Å². The van der Waals surface area contributed by atoms with Gasteiger partial charge in [0.1, 0.15) is 0 Å². The molecule has 3 heteroatoms. The third-order valence-electron chi connectivity index (χ3n) is 5.25. The van der Waals surface area contributed by atoms with Gasteiger partial charge < -0.3 is 4.74 Å². The molecule has 2 aliphatic rings. The van der Waals surface area contributed by atoms with E-state index in [0.29, 0.717) is 12.1 Å². The fourth-order valence-corrected chi connectivity index (χ4v) is 4.00. The fraction of sp³-hybridized carbons (Fsp3) is 0.318. The van der Waals surface area contributed by atoms with Crippen LogP contribution >= 0.6 is 0 Å². The molecule has 0 radical (unpaired) electrons. The maximum atomic E-state index is 9.08. The van der Waals surface area contributed by atoms with Gasteiger partial charge in [-0.25, -0.2) is 0 Å². The van der Waals surface area contributed by atoms with Crippen molar-refractivity contribution in [1.29, 1.82) is 5.26 Å². The van der Waals surface area contributed by atoms with Gasteiger partial charge in [-0.1, -0.05) is 42.5 Å². The number of nitrogens with zero attached hydrogens (tertiary/aromatic N) is 2. The number of fused-ring (bicyclic) bond motifs is 2. The van der Waals surface area contributed by atoms with Gasteiger partial charge in [-0.3, -0.25) is 4.90 Å². The number of rotatable bonds is 3. The van der Waals surface area contributed by atoms with Crippen LogP contribution < -0.4 is 0 Å². The van der Waals surface area contributed by atoms with Gasteiger partial charge in [-0.15, -0.1) is 0 Å². The first-order valence-electron chi connectivity index (χ1n) is 8.84. The smallest absolute Gasteiger partial charge is 0.0991 e. The molecule has 0 aromatic heterocycles. The number of benzene rings is 2.